The van der Waals surface area contributed by atoms with Gasteiger partial charge in [0.2, 0.25) is 0 Å². The van der Waals surface area contributed by atoms with Gasteiger partial charge < -0.3 is 16.0 Å². The quantitative estimate of drug-likeness (QED) is 0.418. The fourth-order valence-corrected chi connectivity index (χ4v) is 3.01. The standard InChI is InChI=1S/C19H23N7OS/c1-13-14(2)26(12-24-13)18-10-17(22-11-23-18)20-7-8-21-19(27)25-15-5-4-6-16(9-15)28-3/h4-6,9-12H,7-8H2,1-3H3,(H,20,22,23)(H2,21,25,27). The Morgan fingerprint density at radius 3 is 2.75 bits per heavy atom. The predicted molar refractivity (Wildman–Crippen MR) is 112 cm³/mol. The highest BCUT2D eigenvalue weighted by Gasteiger charge is 2.07. The van der Waals surface area contributed by atoms with E-state index in [1.54, 1.807) is 18.1 Å². The summed E-state index contributed by atoms with van der Waals surface area (Å²) >= 11 is 1.63. The van der Waals surface area contributed by atoms with E-state index in [-0.39, 0.29) is 6.03 Å². The van der Waals surface area contributed by atoms with Crippen molar-refractivity contribution in [2.24, 2.45) is 0 Å². The van der Waals surface area contributed by atoms with Crippen LogP contribution in [0.15, 0.2) is 47.9 Å². The second-order valence-electron chi connectivity index (χ2n) is 6.09. The van der Waals surface area contributed by atoms with Crippen molar-refractivity contribution in [3.05, 3.63) is 54.4 Å². The van der Waals surface area contributed by atoms with E-state index < -0.39 is 0 Å². The van der Waals surface area contributed by atoms with Crippen LogP contribution in [0.1, 0.15) is 11.4 Å². The SMILES string of the molecule is CSc1cccc(NC(=O)NCCNc2cc(-n3cnc(C)c3C)ncn2)c1. The zero-order chi connectivity index (χ0) is 19.9. The van der Waals surface area contributed by atoms with Crippen molar-refractivity contribution in [2.45, 2.75) is 18.7 Å². The fourth-order valence-electron chi connectivity index (χ4n) is 2.55. The van der Waals surface area contributed by atoms with Gasteiger partial charge in [0.05, 0.1) is 5.69 Å². The van der Waals surface area contributed by atoms with Crippen molar-refractivity contribution in [1.82, 2.24) is 24.8 Å². The molecule has 3 N–H and O–H groups in total. The molecule has 146 valence electrons. The molecule has 0 aliphatic heterocycles. The van der Waals surface area contributed by atoms with Gasteiger partial charge in [-0.1, -0.05) is 6.07 Å². The largest absolute Gasteiger partial charge is 0.368 e. The number of imidazole rings is 1. The molecule has 9 heteroatoms. The lowest BCUT2D eigenvalue weighted by atomic mass is 10.3. The van der Waals surface area contributed by atoms with Gasteiger partial charge >= 0.3 is 6.03 Å². The third-order valence-corrected chi connectivity index (χ3v) is 4.92. The van der Waals surface area contributed by atoms with Crippen molar-refractivity contribution in [3.8, 4) is 5.82 Å². The number of thioether (sulfide) groups is 1. The van der Waals surface area contributed by atoms with E-state index in [4.69, 9.17) is 0 Å². The lowest BCUT2D eigenvalue weighted by Gasteiger charge is -2.10. The first kappa shape index (κ1) is 19.7. The van der Waals surface area contributed by atoms with Crippen LogP contribution in [0.2, 0.25) is 0 Å². The minimum Gasteiger partial charge on any atom is -0.368 e. The van der Waals surface area contributed by atoms with Crippen LogP contribution < -0.4 is 16.0 Å². The van der Waals surface area contributed by atoms with Crippen LogP contribution in [0.4, 0.5) is 16.3 Å². The van der Waals surface area contributed by atoms with Crippen LogP contribution in [0, 0.1) is 13.8 Å². The molecule has 0 saturated heterocycles. The van der Waals surface area contributed by atoms with Crippen molar-refractivity contribution in [1.29, 1.82) is 0 Å². The topological polar surface area (TPSA) is 96.8 Å². The lowest BCUT2D eigenvalue weighted by molar-refractivity contribution is 0.252. The molecule has 3 rings (SSSR count). The minimum absolute atomic E-state index is 0.243. The molecule has 8 nitrogen and oxygen atoms in total. The van der Waals surface area contributed by atoms with Crippen LogP contribution in [-0.4, -0.2) is 44.9 Å². The Hall–Kier alpha value is -3.07. The van der Waals surface area contributed by atoms with Crippen molar-refractivity contribution >= 4 is 29.3 Å². The number of rotatable bonds is 7. The summed E-state index contributed by atoms with van der Waals surface area (Å²) in [7, 11) is 0. The van der Waals surface area contributed by atoms with Gasteiger partial charge in [-0.05, 0) is 38.3 Å². The molecule has 0 fully saturated rings. The van der Waals surface area contributed by atoms with E-state index in [0.29, 0.717) is 18.9 Å². The number of benzene rings is 1. The van der Waals surface area contributed by atoms with E-state index >= 15 is 0 Å². The molecule has 0 radical (unpaired) electrons. The number of nitrogens with zero attached hydrogens (tertiary/aromatic N) is 4. The van der Waals surface area contributed by atoms with Gasteiger partial charge in [-0.2, -0.15) is 0 Å². The summed E-state index contributed by atoms with van der Waals surface area (Å²) in [4.78, 5) is 25.9. The molecule has 28 heavy (non-hydrogen) atoms. The Bertz CT molecular complexity index is 957. The normalized spacial score (nSPS) is 10.5. The molecule has 2 amide bonds. The fraction of sp³-hybridized carbons (Fsp3) is 0.263. The second-order valence-corrected chi connectivity index (χ2v) is 6.97. The number of hydrogen-bond acceptors (Lipinski definition) is 6. The molecule has 0 spiro atoms. The van der Waals surface area contributed by atoms with Gasteiger partial charge in [-0.25, -0.2) is 19.7 Å². The third-order valence-electron chi connectivity index (χ3n) is 4.20. The Balaban J connectivity index is 1.48. The number of amides is 2. The Morgan fingerprint density at radius 2 is 2.00 bits per heavy atom. The highest BCUT2D eigenvalue weighted by Crippen LogP contribution is 2.18. The third kappa shape index (κ3) is 5.01. The van der Waals surface area contributed by atoms with Gasteiger partial charge in [0.15, 0.2) is 0 Å². The van der Waals surface area contributed by atoms with Crippen molar-refractivity contribution in [3.63, 3.8) is 0 Å². The summed E-state index contributed by atoms with van der Waals surface area (Å²) in [6, 6.07) is 9.32. The second kappa shape index (κ2) is 9.23. The molecule has 2 heterocycles. The summed E-state index contributed by atoms with van der Waals surface area (Å²) in [6.45, 7) is 4.95. The van der Waals surface area contributed by atoms with E-state index in [1.807, 2.05) is 55.0 Å². The molecule has 3 aromatic rings. The summed E-state index contributed by atoms with van der Waals surface area (Å²) < 4.78 is 1.91. The summed E-state index contributed by atoms with van der Waals surface area (Å²) in [6.07, 6.45) is 5.25. The summed E-state index contributed by atoms with van der Waals surface area (Å²) in [5.41, 5.74) is 2.77. The molecular formula is C19H23N7OS. The first-order valence-corrected chi connectivity index (χ1v) is 10.0. The van der Waals surface area contributed by atoms with Crippen molar-refractivity contribution in [2.75, 3.05) is 30.0 Å². The van der Waals surface area contributed by atoms with Crippen LogP contribution in [0.3, 0.4) is 0 Å². The molecule has 0 saturated carbocycles. The van der Waals surface area contributed by atoms with E-state index in [1.165, 1.54) is 6.33 Å². The van der Waals surface area contributed by atoms with Crippen LogP contribution >= 0.6 is 11.8 Å². The number of carbonyl (C=O) groups excluding carboxylic acids is 1. The Morgan fingerprint density at radius 1 is 1.14 bits per heavy atom. The van der Waals surface area contributed by atoms with Crippen LogP contribution in [0.25, 0.3) is 5.82 Å². The summed E-state index contributed by atoms with van der Waals surface area (Å²) in [5.74, 6) is 1.43. The number of aromatic nitrogens is 4. The number of carbonyl (C=O) groups is 1. The number of urea groups is 1. The molecule has 0 aliphatic rings. The van der Waals surface area contributed by atoms with Gasteiger partial charge in [-0.15, -0.1) is 11.8 Å². The highest BCUT2D eigenvalue weighted by atomic mass is 32.2. The van der Waals surface area contributed by atoms with E-state index in [9.17, 15) is 4.79 Å². The van der Waals surface area contributed by atoms with Gasteiger partial charge in [0.25, 0.3) is 0 Å². The highest BCUT2D eigenvalue weighted by molar-refractivity contribution is 7.98. The van der Waals surface area contributed by atoms with Crippen LogP contribution in [-0.2, 0) is 0 Å². The Kier molecular flexibility index (Phi) is 6.49. The molecule has 0 aliphatic carbocycles. The molecule has 0 unspecified atom stereocenters. The van der Waals surface area contributed by atoms with E-state index in [0.717, 1.165) is 27.8 Å². The van der Waals surface area contributed by atoms with Gasteiger partial charge in [0, 0.05) is 35.4 Å². The van der Waals surface area contributed by atoms with E-state index in [2.05, 4.69) is 30.9 Å². The van der Waals surface area contributed by atoms with Crippen molar-refractivity contribution < 1.29 is 4.79 Å². The molecule has 0 atom stereocenters. The molecule has 1 aromatic carbocycles. The number of anilines is 2. The van der Waals surface area contributed by atoms with Gasteiger partial charge in [-0.3, -0.25) is 4.57 Å². The zero-order valence-electron chi connectivity index (χ0n) is 16.1. The first-order chi connectivity index (χ1) is 13.6. The smallest absolute Gasteiger partial charge is 0.319 e. The minimum atomic E-state index is -0.243. The molecular weight excluding hydrogens is 374 g/mol. The maximum atomic E-state index is 12.0. The number of hydrogen-bond donors (Lipinski definition) is 3. The Labute approximate surface area is 168 Å². The lowest BCUT2D eigenvalue weighted by Crippen LogP contribution is -2.32. The maximum absolute atomic E-state index is 12.0. The molecule has 0 bridgehead atoms. The molecule has 2 aromatic heterocycles. The average Bonchev–Trinajstić information content (AvgIpc) is 3.04. The average molecular weight is 398 g/mol. The summed E-state index contributed by atoms with van der Waals surface area (Å²) in [5, 5.41) is 8.83. The number of aryl methyl sites for hydroxylation is 1. The van der Waals surface area contributed by atoms with Gasteiger partial charge in [0.1, 0.15) is 24.3 Å². The monoisotopic (exact) mass is 397 g/mol. The predicted octanol–water partition coefficient (Wildman–Crippen LogP) is 3.23. The zero-order valence-corrected chi connectivity index (χ0v) is 16.9. The van der Waals surface area contributed by atoms with Crippen LogP contribution in [0.5, 0.6) is 0 Å². The first-order valence-electron chi connectivity index (χ1n) is 8.82. The number of nitrogens with one attached hydrogen (secondary N) is 3. The maximum Gasteiger partial charge on any atom is 0.319 e.